The van der Waals surface area contributed by atoms with Gasteiger partial charge in [-0.05, 0) is 115 Å². The van der Waals surface area contributed by atoms with E-state index in [4.69, 9.17) is 4.74 Å². The highest BCUT2D eigenvalue weighted by Crippen LogP contribution is 2.35. The van der Waals surface area contributed by atoms with Gasteiger partial charge in [0.25, 0.3) is 11.8 Å². The molecule has 2 saturated carbocycles. The van der Waals surface area contributed by atoms with E-state index in [2.05, 4.69) is 55.5 Å². The number of carbonyl (C=O) groups excluding carboxylic acids is 7. The van der Waals surface area contributed by atoms with E-state index in [1.165, 1.54) is 12.6 Å². The summed E-state index contributed by atoms with van der Waals surface area (Å²) in [6, 6.07) is 4.96. The van der Waals surface area contributed by atoms with Crippen molar-refractivity contribution in [2.45, 2.75) is 121 Å². The van der Waals surface area contributed by atoms with Gasteiger partial charge in [0.2, 0.25) is 29.6 Å². The van der Waals surface area contributed by atoms with Gasteiger partial charge in [-0.2, -0.15) is 10.1 Å². The fraction of sp³-hybridized carbons (Fsp3) is 0.636. The summed E-state index contributed by atoms with van der Waals surface area (Å²) in [4.78, 5) is 112. The van der Waals surface area contributed by atoms with E-state index < -0.39 is 35.6 Å². The molecule has 7 heterocycles. The van der Waals surface area contributed by atoms with Gasteiger partial charge >= 0.3 is 5.97 Å². The summed E-state index contributed by atoms with van der Waals surface area (Å²) in [5.41, 5.74) is 2.56. The van der Waals surface area contributed by atoms with Crippen LogP contribution in [-0.2, 0) is 31.0 Å². The number of unbranched alkanes of at least 4 members (excludes halogenated alkanes) is 1. The summed E-state index contributed by atoms with van der Waals surface area (Å²) in [6.07, 6.45) is 17.9. The predicted molar refractivity (Wildman–Crippen MR) is 283 cm³/mol. The molecule has 10 rings (SSSR count). The third kappa shape index (κ3) is 12.0. The van der Waals surface area contributed by atoms with Crippen LogP contribution in [0.3, 0.4) is 0 Å². The number of hydrogen-bond acceptors (Lipinski definition) is 16. The Balaban J connectivity index is 0.583. The van der Waals surface area contributed by atoms with E-state index >= 15 is 0 Å². The number of fused-ring (bicyclic) bond motifs is 1. The number of likely N-dealkylation sites (tertiary alicyclic amines) is 1. The molecule has 0 spiro atoms. The molecule has 76 heavy (non-hydrogen) atoms. The summed E-state index contributed by atoms with van der Waals surface area (Å²) in [7, 11) is 1.83. The highest BCUT2D eigenvalue weighted by atomic mass is 16.5. The van der Waals surface area contributed by atoms with Crippen molar-refractivity contribution in [1.29, 1.82) is 0 Å². The second-order valence-electron chi connectivity index (χ2n) is 22.0. The molecule has 1 atom stereocenters. The number of nitrogens with zero attached hydrogens (tertiary/aromatic N) is 10. The predicted octanol–water partition coefficient (Wildman–Crippen LogP) is 4.44. The molecule has 7 aliphatic rings. The zero-order chi connectivity index (χ0) is 52.9. The lowest BCUT2D eigenvalue weighted by Gasteiger charge is -2.43. The van der Waals surface area contributed by atoms with Crippen molar-refractivity contribution in [3.8, 4) is 0 Å². The van der Waals surface area contributed by atoms with Crippen LogP contribution in [0.1, 0.15) is 134 Å². The maximum absolute atomic E-state index is 13.8. The molecule has 5 aliphatic heterocycles. The highest BCUT2D eigenvalue weighted by Gasteiger charge is 2.45. The van der Waals surface area contributed by atoms with Crippen LogP contribution in [0, 0.1) is 17.8 Å². The van der Waals surface area contributed by atoms with Crippen LogP contribution in [0.2, 0.25) is 0 Å². The molecule has 4 saturated heterocycles. The molecule has 6 amide bonds. The van der Waals surface area contributed by atoms with Crippen LogP contribution >= 0.6 is 0 Å². The lowest BCUT2D eigenvalue weighted by Crippen LogP contribution is -2.54. The summed E-state index contributed by atoms with van der Waals surface area (Å²) < 4.78 is 7.00. The Labute approximate surface area is 444 Å². The van der Waals surface area contributed by atoms with Crippen molar-refractivity contribution in [1.82, 2.24) is 49.6 Å². The summed E-state index contributed by atoms with van der Waals surface area (Å²) in [5.74, 6) is -0.389. The van der Waals surface area contributed by atoms with Crippen molar-refractivity contribution in [3.63, 3.8) is 0 Å². The third-order valence-electron chi connectivity index (χ3n) is 17.3. The smallest absolute Gasteiger partial charge is 0.343 e. The van der Waals surface area contributed by atoms with Crippen molar-refractivity contribution in [2.24, 2.45) is 24.8 Å². The molecule has 2 aromatic heterocycles. The van der Waals surface area contributed by atoms with Gasteiger partial charge in [0.05, 0.1) is 29.6 Å². The van der Waals surface area contributed by atoms with Crippen LogP contribution < -0.4 is 20.9 Å². The van der Waals surface area contributed by atoms with Gasteiger partial charge in [0, 0.05) is 121 Å². The van der Waals surface area contributed by atoms with Gasteiger partial charge in [-0.3, -0.25) is 53.5 Å². The van der Waals surface area contributed by atoms with Gasteiger partial charge in [0.1, 0.15) is 17.4 Å². The number of carbonyl (C=O) groups is 7. The van der Waals surface area contributed by atoms with Crippen molar-refractivity contribution in [2.75, 3.05) is 94.1 Å². The molecule has 3 N–H and O–H groups in total. The first-order valence-electron chi connectivity index (χ1n) is 28.1. The van der Waals surface area contributed by atoms with Crippen molar-refractivity contribution < 1.29 is 38.3 Å². The molecular weight excluding hydrogens is 971 g/mol. The topological polar surface area (TPSA) is 228 Å². The molecule has 21 heteroatoms. The minimum atomic E-state index is -0.972. The molecular formula is C55H75N13O8. The van der Waals surface area contributed by atoms with E-state index in [-0.39, 0.29) is 49.1 Å². The van der Waals surface area contributed by atoms with Crippen LogP contribution in [-0.4, -0.2) is 182 Å². The quantitative estimate of drug-likeness (QED) is 0.102. The fourth-order valence-electron chi connectivity index (χ4n) is 12.8. The zero-order valence-electron chi connectivity index (χ0n) is 44.3. The molecule has 21 nitrogen and oxygen atoms in total. The van der Waals surface area contributed by atoms with Gasteiger partial charge in [-0.15, -0.1) is 0 Å². The first-order valence-corrected chi connectivity index (χ1v) is 28.1. The summed E-state index contributed by atoms with van der Waals surface area (Å²) >= 11 is 0. The Kier molecular flexibility index (Phi) is 16.6. The van der Waals surface area contributed by atoms with Crippen LogP contribution in [0.5, 0.6) is 0 Å². The van der Waals surface area contributed by atoms with E-state index in [1.54, 1.807) is 29.9 Å². The monoisotopic (exact) mass is 1050 g/mol. The molecule has 3 aromatic rings. The Bertz CT molecular complexity index is 2620. The fourth-order valence-corrected chi connectivity index (χ4v) is 12.8. The molecule has 0 radical (unpaired) electrons. The lowest BCUT2D eigenvalue weighted by molar-refractivity contribution is -0.143. The summed E-state index contributed by atoms with van der Waals surface area (Å²) in [5, 5.41) is 13.1. The average Bonchev–Trinajstić information content (AvgIpc) is 3.96. The first kappa shape index (κ1) is 52.9. The molecule has 0 bridgehead atoms. The van der Waals surface area contributed by atoms with Crippen LogP contribution in [0.15, 0.2) is 36.8 Å². The number of anilines is 4. The van der Waals surface area contributed by atoms with E-state index in [0.29, 0.717) is 40.4 Å². The van der Waals surface area contributed by atoms with Crippen LogP contribution in [0.4, 0.5) is 23.1 Å². The third-order valence-corrected chi connectivity index (χ3v) is 17.3. The number of amides is 6. The number of aromatic nitrogens is 4. The number of hydrogen-bond donors (Lipinski definition) is 3. The van der Waals surface area contributed by atoms with Crippen molar-refractivity contribution >= 4 is 64.6 Å². The van der Waals surface area contributed by atoms with E-state index in [1.807, 2.05) is 19.3 Å². The molecule has 6 fully saturated rings. The number of rotatable bonds is 16. The van der Waals surface area contributed by atoms with E-state index in [9.17, 15) is 33.6 Å². The molecule has 2 aliphatic carbocycles. The van der Waals surface area contributed by atoms with Crippen LogP contribution in [0.25, 0.3) is 0 Å². The zero-order valence-corrected chi connectivity index (χ0v) is 44.3. The number of imide groups is 2. The molecule has 1 unspecified atom stereocenters. The number of aryl methyl sites for hydroxylation is 1. The first-order chi connectivity index (χ1) is 36.9. The van der Waals surface area contributed by atoms with Crippen molar-refractivity contribution in [3.05, 3.63) is 53.5 Å². The average molecular weight is 1050 g/mol. The molecule has 1 aromatic carbocycles. The number of nitrogens with one attached hydrogen (secondary N) is 3. The Hall–Kier alpha value is -6.48. The lowest BCUT2D eigenvalue weighted by atomic mass is 9.80. The minimum Gasteiger partial charge on any atom is -0.462 e. The van der Waals surface area contributed by atoms with Gasteiger partial charge in [0.15, 0.2) is 0 Å². The van der Waals surface area contributed by atoms with Gasteiger partial charge in [-0.25, -0.2) is 9.78 Å². The van der Waals surface area contributed by atoms with Gasteiger partial charge in [-0.1, -0.05) is 12.8 Å². The maximum Gasteiger partial charge on any atom is 0.343 e. The van der Waals surface area contributed by atoms with Gasteiger partial charge < -0.3 is 30.1 Å². The Morgan fingerprint density at radius 2 is 1.43 bits per heavy atom. The number of esters is 1. The normalized spacial score (nSPS) is 25.1. The summed E-state index contributed by atoms with van der Waals surface area (Å²) in [6.45, 7) is 11.4. The largest absolute Gasteiger partial charge is 0.462 e. The maximum atomic E-state index is 13.8. The number of piperazine rings is 2. The number of ether oxygens (including phenoxy) is 1. The number of benzene rings is 1. The Morgan fingerprint density at radius 3 is 2.09 bits per heavy atom. The second-order valence-corrected chi connectivity index (χ2v) is 22.0. The van der Waals surface area contributed by atoms with E-state index in [0.717, 1.165) is 165 Å². The Morgan fingerprint density at radius 1 is 0.750 bits per heavy atom. The number of piperidine rings is 2. The minimum absolute atomic E-state index is 0.000510. The standard InChI is InChI=1S/C55H75N13O8/c1-3-76-54(75)45-34-56-55(59-40-33-57-62(2)35-40)61-48(45)58-39-11-13-41(14-12-39)64-28-30-67(31-29-64)51(72)38-9-7-37(8-10-38)50(71)66-22-19-36(20-23-66)6-4-5-21-63-24-26-65(27-25-63)42-15-16-43-44(32-42)53(74)68(52(43)73)46-17-18-47(69)60-49(46)70/h15-16,32-39,41,46H,3-14,17-31H2,1-2H3,(H,60,69,70)(H2,56,58,59,61). The second kappa shape index (κ2) is 23.8. The molecule has 408 valence electrons. The SMILES string of the molecule is CCOC(=O)c1cnc(Nc2cnn(C)c2)nc1NC1CCC(N2CCN(C(=O)C3CCC(C(=O)N4CCC(CCCCN5CCN(c6ccc7c(c6)C(=O)N(C6CCC(=O)NC6=O)C7=O)CC5)CC4)CC3)CC2)CC1. The highest BCUT2D eigenvalue weighted by molar-refractivity contribution is 6.23.